The van der Waals surface area contributed by atoms with Crippen molar-refractivity contribution in [2.24, 2.45) is 0 Å². The van der Waals surface area contributed by atoms with Crippen LogP contribution in [0.3, 0.4) is 0 Å². The monoisotopic (exact) mass is 407 g/mol. The molecule has 0 aliphatic rings. The highest BCUT2D eigenvalue weighted by molar-refractivity contribution is 6.35. The molecule has 0 N–H and O–H groups in total. The molecular formula is C21H18ClN5O2. The molecule has 2 aromatic heterocycles. The number of nitro groups is 1. The van der Waals surface area contributed by atoms with Gasteiger partial charge in [-0.1, -0.05) is 59.1 Å². The Morgan fingerprint density at radius 3 is 2.28 bits per heavy atom. The van der Waals surface area contributed by atoms with E-state index in [0.717, 1.165) is 27.9 Å². The Labute approximate surface area is 172 Å². The van der Waals surface area contributed by atoms with Crippen LogP contribution in [0.4, 0.5) is 5.82 Å². The van der Waals surface area contributed by atoms with Gasteiger partial charge >= 0.3 is 5.82 Å². The molecule has 0 saturated carbocycles. The van der Waals surface area contributed by atoms with E-state index >= 15 is 0 Å². The molecule has 4 rings (SSSR count). The lowest BCUT2D eigenvalue weighted by molar-refractivity contribution is -0.389. The minimum Gasteiger partial charge on any atom is -0.358 e. The van der Waals surface area contributed by atoms with Crippen LogP contribution in [0.15, 0.2) is 60.8 Å². The summed E-state index contributed by atoms with van der Waals surface area (Å²) in [6, 6.07) is 17.3. The van der Waals surface area contributed by atoms with Crippen LogP contribution in [0.25, 0.3) is 22.5 Å². The van der Waals surface area contributed by atoms with Crippen molar-refractivity contribution in [3.63, 3.8) is 0 Å². The standard InChI is InChI=1S/C21H18ClN5O2/c1-14-5-3-7-16(11-14)20-19(22)21(17-8-4-6-15(2)12-17)26(24-20)13-25-10-9-18(23-25)27(28)29/h3-12H,13H2,1-2H3. The van der Waals surface area contributed by atoms with Crippen molar-refractivity contribution in [3.8, 4) is 22.5 Å². The highest BCUT2D eigenvalue weighted by Gasteiger charge is 2.21. The zero-order valence-corrected chi connectivity index (χ0v) is 16.7. The van der Waals surface area contributed by atoms with E-state index in [1.54, 1.807) is 10.9 Å². The van der Waals surface area contributed by atoms with Crippen LogP contribution in [-0.4, -0.2) is 24.5 Å². The first-order valence-electron chi connectivity index (χ1n) is 9.00. The quantitative estimate of drug-likeness (QED) is 0.340. The van der Waals surface area contributed by atoms with Gasteiger partial charge in [-0.25, -0.2) is 4.68 Å². The van der Waals surface area contributed by atoms with Gasteiger partial charge < -0.3 is 10.1 Å². The summed E-state index contributed by atoms with van der Waals surface area (Å²) < 4.78 is 3.20. The van der Waals surface area contributed by atoms with E-state index in [1.165, 1.54) is 10.7 Å². The molecule has 2 aromatic carbocycles. The van der Waals surface area contributed by atoms with E-state index in [1.807, 2.05) is 62.4 Å². The molecule has 0 radical (unpaired) electrons. The minimum atomic E-state index is -0.522. The molecule has 7 nitrogen and oxygen atoms in total. The molecule has 0 atom stereocenters. The van der Waals surface area contributed by atoms with Crippen LogP contribution in [-0.2, 0) is 6.67 Å². The van der Waals surface area contributed by atoms with E-state index in [0.29, 0.717) is 10.7 Å². The summed E-state index contributed by atoms with van der Waals surface area (Å²) in [6.45, 7) is 4.22. The Kier molecular flexibility index (Phi) is 4.90. The number of nitrogens with zero attached hydrogens (tertiary/aromatic N) is 5. The van der Waals surface area contributed by atoms with Crippen molar-refractivity contribution >= 4 is 17.4 Å². The Balaban J connectivity index is 1.85. The molecule has 0 aliphatic heterocycles. The number of hydrogen-bond acceptors (Lipinski definition) is 4. The smallest absolute Gasteiger partial charge is 0.358 e. The number of aryl methyl sites for hydroxylation is 2. The van der Waals surface area contributed by atoms with Crippen LogP contribution in [0, 0.1) is 24.0 Å². The van der Waals surface area contributed by atoms with Gasteiger partial charge in [-0.15, -0.1) is 0 Å². The Bertz CT molecular complexity index is 1210. The first-order chi connectivity index (χ1) is 13.9. The Morgan fingerprint density at radius 2 is 1.66 bits per heavy atom. The average Bonchev–Trinajstić information content (AvgIpc) is 3.27. The second-order valence-electron chi connectivity index (χ2n) is 6.86. The fourth-order valence-electron chi connectivity index (χ4n) is 3.25. The maximum absolute atomic E-state index is 11.0. The van der Waals surface area contributed by atoms with E-state index in [-0.39, 0.29) is 12.5 Å². The second kappa shape index (κ2) is 7.52. The maximum atomic E-state index is 11.0. The molecule has 2 heterocycles. The van der Waals surface area contributed by atoms with E-state index in [9.17, 15) is 10.1 Å². The van der Waals surface area contributed by atoms with E-state index in [4.69, 9.17) is 16.7 Å². The molecular weight excluding hydrogens is 390 g/mol. The van der Waals surface area contributed by atoms with Crippen LogP contribution in [0.2, 0.25) is 5.02 Å². The first-order valence-corrected chi connectivity index (χ1v) is 9.38. The molecule has 0 aliphatic carbocycles. The Hall–Kier alpha value is -3.45. The summed E-state index contributed by atoms with van der Waals surface area (Å²) in [5.41, 5.74) is 5.43. The third kappa shape index (κ3) is 3.77. The van der Waals surface area contributed by atoms with Crippen molar-refractivity contribution in [2.45, 2.75) is 20.5 Å². The minimum absolute atomic E-state index is 0.197. The topological polar surface area (TPSA) is 78.8 Å². The lowest BCUT2D eigenvalue weighted by Crippen LogP contribution is -2.11. The van der Waals surface area contributed by atoms with Gasteiger partial charge in [0.2, 0.25) is 0 Å². The van der Waals surface area contributed by atoms with Crippen LogP contribution >= 0.6 is 11.6 Å². The highest BCUT2D eigenvalue weighted by atomic mass is 35.5. The van der Waals surface area contributed by atoms with Crippen molar-refractivity contribution < 1.29 is 4.92 Å². The molecule has 0 amide bonds. The van der Waals surface area contributed by atoms with Gasteiger partial charge in [-0.2, -0.15) is 9.78 Å². The maximum Gasteiger partial charge on any atom is 0.389 e. The Morgan fingerprint density at radius 1 is 1.00 bits per heavy atom. The van der Waals surface area contributed by atoms with Gasteiger partial charge in [-0.05, 0) is 30.9 Å². The molecule has 29 heavy (non-hydrogen) atoms. The van der Waals surface area contributed by atoms with Crippen molar-refractivity contribution in [1.82, 2.24) is 19.6 Å². The third-order valence-electron chi connectivity index (χ3n) is 4.57. The lowest BCUT2D eigenvalue weighted by Gasteiger charge is -2.07. The summed E-state index contributed by atoms with van der Waals surface area (Å²) >= 11 is 6.80. The molecule has 8 heteroatoms. The highest BCUT2D eigenvalue weighted by Crippen LogP contribution is 2.37. The number of rotatable bonds is 5. The summed E-state index contributed by atoms with van der Waals surface area (Å²) in [7, 11) is 0. The largest absolute Gasteiger partial charge is 0.389 e. The lowest BCUT2D eigenvalue weighted by atomic mass is 10.1. The van der Waals surface area contributed by atoms with Crippen LogP contribution in [0.5, 0.6) is 0 Å². The predicted octanol–water partition coefficient (Wildman–Crippen LogP) is 5.10. The third-order valence-corrected chi connectivity index (χ3v) is 4.93. The molecule has 4 aromatic rings. The number of hydrogen-bond donors (Lipinski definition) is 0. The van der Waals surface area contributed by atoms with Gasteiger partial charge in [-0.3, -0.25) is 0 Å². The number of aromatic nitrogens is 4. The van der Waals surface area contributed by atoms with Gasteiger partial charge in [0.25, 0.3) is 0 Å². The van der Waals surface area contributed by atoms with Gasteiger partial charge in [0.05, 0.1) is 28.1 Å². The average molecular weight is 408 g/mol. The van der Waals surface area contributed by atoms with Crippen molar-refractivity contribution in [1.29, 1.82) is 0 Å². The van der Waals surface area contributed by atoms with Gasteiger partial charge in [0.15, 0.2) is 6.67 Å². The molecule has 0 spiro atoms. The molecule has 0 fully saturated rings. The van der Waals surface area contributed by atoms with Crippen LogP contribution in [0.1, 0.15) is 11.1 Å². The fourth-order valence-corrected chi connectivity index (χ4v) is 3.61. The van der Waals surface area contributed by atoms with Gasteiger partial charge in [0.1, 0.15) is 5.69 Å². The zero-order valence-electron chi connectivity index (χ0n) is 15.9. The fraction of sp³-hybridized carbons (Fsp3) is 0.143. The number of benzene rings is 2. The molecule has 0 saturated heterocycles. The van der Waals surface area contributed by atoms with E-state index < -0.39 is 4.92 Å². The normalized spacial score (nSPS) is 11.0. The molecule has 0 bridgehead atoms. The van der Waals surface area contributed by atoms with Gasteiger partial charge in [0, 0.05) is 11.1 Å². The first kappa shape index (κ1) is 18.9. The van der Waals surface area contributed by atoms with Crippen molar-refractivity contribution in [2.75, 3.05) is 0 Å². The summed E-state index contributed by atoms with van der Waals surface area (Å²) in [5, 5.41) is 20.2. The summed E-state index contributed by atoms with van der Waals surface area (Å²) in [6.07, 6.45) is 1.56. The van der Waals surface area contributed by atoms with E-state index in [2.05, 4.69) is 5.10 Å². The zero-order chi connectivity index (χ0) is 20.5. The second-order valence-corrected chi connectivity index (χ2v) is 7.24. The predicted molar refractivity (Wildman–Crippen MR) is 112 cm³/mol. The number of halogens is 1. The summed E-state index contributed by atoms with van der Waals surface area (Å²) in [5.74, 6) is -0.209. The van der Waals surface area contributed by atoms with Crippen LogP contribution < -0.4 is 0 Å². The molecule has 146 valence electrons. The van der Waals surface area contributed by atoms with Crippen molar-refractivity contribution in [3.05, 3.63) is 87.1 Å². The summed E-state index contributed by atoms with van der Waals surface area (Å²) in [4.78, 5) is 10.4. The molecule has 0 unspecified atom stereocenters. The SMILES string of the molecule is Cc1cccc(-c2nn(Cn3ccc([N+](=O)[O-])n3)c(-c3cccc(C)c3)c2Cl)c1.